The van der Waals surface area contributed by atoms with E-state index in [0.29, 0.717) is 28.7 Å². The van der Waals surface area contributed by atoms with E-state index < -0.39 is 16.9 Å². The largest absolute Gasteiger partial charge is 0.463 e. The number of nitrogens with one attached hydrogen (secondary N) is 1. The minimum Gasteiger partial charge on any atom is -0.463 e. The Morgan fingerprint density at radius 1 is 1.10 bits per heavy atom. The molecule has 0 aliphatic carbocycles. The highest BCUT2D eigenvalue weighted by Gasteiger charge is 2.42. The highest BCUT2D eigenvalue weighted by atomic mass is 32.2. The molecule has 3 aromatic rings. The number of thioether (sulfide) groups is 1. The van der Waals surface area contributed by atoms with E-state index in [0.717, 1.165) is 11.1 Å². The van der Waals surface area contributed by atoms with Crippen molar-refractivity contribution in [3.63, 3.8) is 0 Å². The lowest BCUT2D eigenvalue weighted by atomic mass is 9.91. The van der Waals surface area contributed by atoms with Gasteiger partial charge in [-0.3, -0.25) is 19.9 Å². The maximum atomic E-state index is 13.5. The number of rotatable bonds is 9. The Morgan fingerprint density at radius 3 is 2.55 bits per heavy atom. The Balaban J connectivity index is 1.54. The Morgan fingerprint density at radius 2 is 1.88 bits per heavy atom. The number of esters is 1. The van der Waals surface area contributed by atoms with Crippen LogP contribution in [0, 0.1) is 10.1 Å². The molecule has 2 aliphatic rings. The molecule has 1 unspecified atom stereocenters. The molecule has 1 N–H and O–H groups in total. The van der Waals surface area contributed by atoms with Crippen LogP contribution < -0.4 is 5.32 Å². The second-order valence-corrected chi connectivity index (χ2v) is 9.74. The average Bonchev–Trinajstić information content (AvgIpc) is 3.38. The number of fused-ring (bicyclic) bond motifs is 1. The van der Waals surface area contributed by atoms with Crippen LogP contribution in [0.2, 0.25) is 0 Å². The number of aliphatic imine (C=N–C) groups is 1. The van der Waals surface area contributed by atoms with E-state index in [1.807, 2.05) is 46.7 Å². The third kappa shape index (κ3) is 5.64. The molecule has 202 valence electrons. The van der Waals surface area contributed by atoms with Gasteiger partial charge in [-0.15, -0.1) is 0 Å². The van der Waals surface area contributed by atoms with Crippen LogP contribution in [-0.2, 0) is 20.9 Å². The molecule has 1 aromatic heterocycles. The zero-order valence-electron chi connectivity index (χ0n) is 21.5. The topological polar surface area (TPSA) is 127 Å². The van der Waals surface area contributed by atoms with Crippen LogP contribution in [-0.4, -0.2) is 38.5 Å². The van der Waals surface area contributed by atoms with Crippen molar-refractivity contribution in [2.45, 2.75) is 25.9 Å². The van der Waals surface area contributed by atoms with Crippen molar-refractivity contribution in [3.8, 4) is 0 Å². The van der Waals surface area contributed by atoms with E-state index >= 15 is 0 Å². The van der Waals surface area contributed by atoms with Crippen molar-refractivity contribution in [2.24, 2.45) is 4.99 Å². The summed E-state index contributed by atoms with van der Waals surface area (Å²) < 4.78 is 5.49. The van der Waals surface area contributed by atoms with Crippen LogP contribution in [0.25, 0.3) is 5.70 Å². The van der Waals surface area contributed by atoms with E-state index in [1.165, 1.54) is 23.9 Å². The lowest BCUT2D eigenvalue weighted by Gasteiger charge is -2.36. The molecule has 2 aromatic carbocycles. The molecule has 3 heterocycles. The van der Waals surface area contributed by atoms with Crippen molar-refractivity contribution in [1.29, 1.82) is 0 Å². The van der Waals surface area contributed by atoms with Crippen LogP contribution in [0.5, 0.6) is 0 Å². The molecule has 5 rings (SSSR count). The summed E-state index contributed by atoms with van der Waals surface area (Å²) in [6.45, 7) is 2.21. The average molecular weight is 556 g/mol. The van der Waals surface area contributed by atoms with E-state index in [4.69, 9.17) is 9.73 Å². The number of amidine groups is 1. The van der Waals surface area contributed by atoms with Gasteiger partial charge in [0.05, 0.1) is 35.3 Å². The van der Waals surface area contributed by atoms with E-state index in [1.54, 1.807) is 37.5 Å². The fourth-order valence-corrected chi connectivity index (χ4v) is 5.43. The lowest BCUT2D eigenvalue weighted by molar-refractivity contribution is -0.384. The van der Waals surface area contributed by atoms with Crippen molar-refractivity contribution in [2.75, 3.05) is 6.61 Å². The fraction of sp³-hybridized carbons (Fsp3) is 0.172. The minimum atomic E-state index is -0.727. The van der Waals surface area contributed by atoms with E-state index in [2.05, 4.69) is 10.3 Å². The molecule has 2 aliphatic heterocycles. The Hall–Kier alpha value is -4.77. The van der Waals surface area contributed by atoms with Gasteiger partial charge in [0.1, 0.15) is 0 Å². The smallest absolute Gasteiger partial charge is 0.338 e. The van der Waals surface area contributed by atoms with Crippen LogP contribution in [0.15, 0.2) is 101 Å². The number of ether oxygens (including phenoxy) is 1. The summed E-state index contributed by atoms with van der Waals surface area (Å²) in [5.41, 5.74) is 3.54. The summed E-state index contributed by atoms with van der Waals surface area (Å²) in [4.78, 5) is 48.1. The van der Waals surface area contributed by atoms with Crippen molar-refractivity contribution in [3.05, 3.63) is 123 Å². The second-order valence-electron chi connectivity index (χ2n) is 8.91. The standard InChI is InChI=1S/C29H25N5O5S/c1-2-39-28(36)25-26(20-8-4-3-5-9-20)32-29-33(27(25)21-10-12-22(13-11-21)34(37)38)23(18-40-29)15-24(35)31-17-19-7-6-14-30-16-19/h3-14,16,18,27H,2,15,17H2,1H3,(H,31,35). The maximum absolute atomic E-state index is 13.5. The SMILES string of the molecule is CCOC(=O)C1=C(c2ccccc2)N=C2SC=C(CC(=O)NCc3cccnc3)N2C1c1ccc([N+](=O)[O-])cc1. The summed E-state index contributed by atoms with van der Waals surface area (Å²) in [5.74, 6) is -0.764. The molecule has 11 heteroatoms. The predicted octanol–water partition coefficient (Wildman–Crippen LogP) is 4.97. The molecule has 1 atom stereocenters. The first-order chi connectivity index (χ1) is 19.5. The number of nitro benzene ring substituents is 1. The quantitative estimate of drug-likeness (QED) is 0.223. The molecular formula is C29H25N5O5S. The molecule has 1 amide bonds. The van der Waals surface area contributed by atoms with E-state index in [9.17, 15) is 19.7 Å². The zero-order valence-corrected chi connectivity index (χ0v) is 22.3. The second kappa shape index (κ2) is 12.0. The highest BCUT2D eigenvalue weighted by molar-refractivity contribution is 8.16. The summed E-state index contributed by atoms with van der Waals surface area (Å²) >= 11 is 1.35. The number of hydrogen-bond donors (Lipinski definition) is 1. The third-order valence-electron chi connectivity index (χ3n) is 6.33. The lowest BCUT2D eigenvalue weighted by Crippen LogP contribution is -2.38. The third-order valence-corrected chi connectivity index (χ3v) is 7.22. The minimum absolute atomic E-state index is 0.0343. The fourth-order valence-electron chi connectivity index (χ4n) is 4.51. The van der Waals surface area contributed by atoms with Gasteiger partial charge in [-0.2, -0.15) is 0 Å². The van der Waals surface area contributed by atoms with Gasteiger partial charge in [-0.1, -0.05) is 48.2 Å². The number of benzene rings is 2. The first-order valence-electron chi connectivity index (χ1n) is 12.6. The van der Waals surface area contributed by atoms with Crippen LogP contribution in [0.1, 0.15) is 36.1 Å². The number of carbonyl (C=O) groups excluding carboxylic acids is 2. The van der Waals surface area contributed by atoms with Gasteiger partial charge in [-0.25, -0.2) is 9.79 Å². The monoisotopic (exact) mass is 555 g/mol. The van der Waals surface area contributed by atoms with Gasteiger partial charge >= 0.3 is 5.97 Å². The maximum Gasteiger partial charge on any atom is 0.338 e. The molecule has 0 saturated carbocycles. The number of nitrogens with zero attached hydrogens (tertiary/aromatic N) is 4. The molecule has 10 nitrogen and oxygen atoms in total. The number of amides is 1. The molecule has 40 heavy (non-hydrogen) atoms. The highest BCUT2D eigenvalue weighted by Crippen LogP contribution is 2.47. The van der Waals surface area contributed by atoms with Crippen molar-refractivity contribution >= 4 is 40.2 Å². The summed E-state index contributed by atoms with van der Waals surface area (Å²) in [5, 5.41) is 16.7. The number of carbonyl (C=O) groups is 2. The Labute approximate surface area is 234 Å². The normalized spacial score (nSPS) is 16.1. The van der Waals surface area contributed by atoms with Gasteiger partial charge in [-0.05, 0) is 41.7 Å². The molecular weight excluding hydrogens is 530 g/mol. The van der Waals surface area contributed by atoms with Gasteiger partial charge in [0.2, 0.25) is 5.91 Å². The summed E-state index contributed by atoms with van der Waals surface area (Å²) in [6, 6.07) is 18.3. The molecule has 0 radical (unpaired) electrons. The number of pyridine rings is 1. The zero-order chi connectivity index (χ0) is 28.1. The molecule has 0 spiro atoms. The molecule has 0 saturated heterocycles. The predicted molar refractivity (Wildman–Crippen MR) is 151 cm³/mol. The van der Waals surface area contributed by atoms with E-state index in [-0.39, 0.29) is 30.2 Å². The number of nitro groups is 1. The summed E-state index contributed by atoms with van der Waals surface area (Å²) in [7, 11) is 0. The molecule has 0 fully saturated rings. The van der Waals surface area contributed by atoms with Gasteiger partial charge in [0, 0.05) is 42.3 Å². The van der Waals surface area contributed by atoms with Crippen molar-refractivity contribution in [1.82, 2.24) is 15.2 Å². The van der Waals surface area contributed by atoms with Gasteiger partial charge < -0.3 is 15.0 Å². The first kappa shape index (κ1) is 26.8. The van der Waals surface area contributed by atoms with Gasteiger partial charge in [0.25, 0.3) is 5.69 Å². The van der Waals surface area contributed by atoms with Crippen LogP contribution in [0.4, 0.5) is 5.69 Å². The Bertz CT molecular complexity index is 1520. The van der Waals surface area contributed by atoms with Gasteiger partial charge in [0.15, 0.2) is 5.17 Å². The van der Waals surface area contributed by atoms with Crippen LogP contribution in [0.3, 0.4) is 0 Å². The molecule has 0 bridgehead atoms. The number of aromatic nitrogens is 1. The Kier molecular flexibility index (Phi) is 8.02. The van der Waals surface area contributed by atoms with Crippen molar-refractivity contribution < 1.29 is 19.2 Å². The van der Waals surface area contributed by atoms with Crippen LogP contribution >= 0.6 is 11.8 Å². The number of hydrogen-bond acceptors (Lipinski definition) is 9. The first-order valence-corrected chi connectivity index (χ1v) is 13.4. The summed E-state index contributed by atoms with van der Waals surface area (Å²) in [6.07, 6.45) is 3.39. The number of non-ortho nitro benzene ring substituents is 1.